The number of amides is 2. The predicted molar refractivity (Wildman–Crippen MR) is 112 cm³/mol. The van der Waals surface area contributed by atoms with Crippen molar-refractivity contribution in [2.45, 2.75) is 19.9 Å². The molecule has 29 heavy (non-hydrogen) atoms. The Balaban J connectivity index is 1.57. The molecule has 5 nitrogen and oxygen atoms in total. The summed E-state index contributed by atoms with van der Waals surface area (Å²) in [7, 11) is 0. The zero-order valence-corrected chi connectivity index (χ0v) is 16.3. The van der Waals surface area contributed by atoms with Crippen LogP contribution in [0.4, 0.5) is 5.69 Å². The van der Waals surface area contributed by atoms with Gasteiger partial charge in [0.25, 0.3) is 5.91 Å². The van der Waals surface area contributed by atoms with Crippen LogP contribution in [0.1, 0.15) is 41.4 Å². The fraction of sp³-hybridized carbons (Fsp3) is 0.167. The van der Waals surface area contributed by atoms with E-state index in [2.05, 4.69) is 10.6 Å². The smallest absolute Gasteiger partial charge is 0.252 e. The molecule has 146 valence electrons. The van der Waals surface area contributed by atoms with Gasteiger partial charge in [-0.2, -0.15) is 0 Å². The maximum absolute atomic E-state index is 12.9. The molecule has 0 saturated heterocycles. The number of anilines is 1. The molecule has 5 heteroatoms. The minimum absolute atomic E-state index is 0.0578. The molecule has 0 unspecified atom stereocenters. The van der Waals surface area contributed by atoms with Crippen molar-refractivity contribution in [2.75, 3.05) is 5.32 Å². The largest absolute Gasteiger partial charge is 0.457 e. The summed E-state index contributed by atoms with van der Waals surface area (Å²) in [6.45, 7) is 3.67. The summed E-state index contributed by atoms with van der Waals surface area (Å²) >= 11 is 0. The van der Waals surface area contributed by atoms with Crippen LogP contribution in [0.5, 0.6) is 11.5 Å². The molecule has 3 aromatic rings. The third-order valence-electron chi connectivity index (χ3n) is 4.89. The van der Waals surface area contributed by atoms with E-state index in [0.717, 1.165) is 22.6 Å². The van der Waals surface area contributed by atoms with Crippen LogP contribution in [0.25, 0.3) is 0 Å². The summed E-state index contributed by atoms with van der Waals surface area (Å²) in [6.07, 6.45) is 0. The quantitative estimate of drug-likeness (QED) is 0.670. The fourth-order valence-electron chi connectivity index (χ4n) is 3.27. The summed E-state index contributed by atoms with van der Waals surface area (Å²) in [5.74, 6) is 1.12. The first-order chi connectivity index (χ1) is 14.0. The molecule has 4 rings (SSSR count). The van der Waals surface area contributed by atoms with Crippen LogP contribution in [0.2, 0.25) is 0 Å². The van der Waals surface area contributed by atoms with E-state index < -0.39 is 0 Å². The molecular formula is C24H22N2O3. The Labute approximate surface area is 169 Å². The Bertz CT molecular complexity index is 1010. The predicted octanol–water partition coefficient (Wildman–Crippen LogP) is 4.91. The van der Waals surface area contributed by atoms with Gasteiger partial charge in [-0.1, -0.05) is 50.2 Å². The van der Waals surface area contributed by atoms with Gasteiger partial charge in [0.2, 0.25) is 5.91 Å². The minimum Gasteiger partial charge on any atom is -0.457 e. The van der Waals surface area contributed by atoms with E-state index in [9.17, 15) is 9.59 Å². The SMILES string of the molecule is CC(C)C(=O)Nc1ccc(C(=O)NC2c3ccccc3Oc3ccccc32)cc1. The number of carbonyl (C=O) groups is 2. The van der Waals surface area contributed by atoms with E-state index in [4.69, 9.17) is 4.74 Å². The van der Waals surface area contributed by atoms with E-state index in [1.807, 2.05) is 62.4 Å². The molecule has 1 aliphatic heterocycles. The first-order valence-corrected chi connectivity index (χ1v) is 9.60. The van der Waals surface area contributed by atoms with Crippen molar-refractivity contribution in [3.63, 3.8) is 0 Å². The fourth-order valence-corrected chi connectivity index (χ4v) is 3.27. The normalized spacial score (nSPS) is 12.5. The molecule has 0 atom stereocenters. The Hall–Kier alpha value is -3.60. The molecule has 0 fully saturated rings. The summed E-state index contributed by atoms with van der Waals surface area (Å²) in [5.41, 5.74) is 3.02. The van der Waals surface area contributed by atoms with Gasteiger partial charge in [0, 0.05) is 28.3 Å². The second-order valence-corrected chi connectivity index (χ2v) is 7.31. The Morgan fingerprint density at radius 2 is 1.38 bits per heavy atom. The first-order valence-electron chi connectivity index (χ1n) is 9.60. The molecule has 0 aromatic heterocycles. The van der Waals surface area contributed by atoms with E-state index in [-0.39, 0.29) is 23.8 Å². The number of hydrogen-bond donors (Lipinski definition) is 2. The first kappa shape index (κ1) is 18.7. The van der Waals surface area contributed by atoms with Gasteiger partial charge in [-0.25, -0.2) is 0 Å². The average molecular weight is 386 g/mol. The highest BCUT2D eigenvalue weighted by Gasteiger charge is 2.28. The van der Waals surface area contributed by atoms with Crippen LogP contribution in [0.3, 0.4) is 0 Å². The molecular weight excluding hydrogens is 364 g/mol. The summed E-state index contributed by atoms with van der Waals surface area (Å²) in [4.78, 5) is 24.8. The van der Waals surface area contributed by atoms with Gasteiger partial charge < -0.3 is 15.4 Å². The van der Waals surface area contributed by atoms with E-state index >= 15 is 0 Å². The number of rotatable bonds is 4. The average Bonchev–Trinajstić information content (AvgIpc) is 2.74. The van der Waals surface area contributed by atoms with Crippen molar-refractivity contribution in [2.24, 2.45) is 5.92 Å². The maximum Gasteiger partial charge on any atom is 0.252 e. The van der Waals surface area contributed by atoms with E-state index in [0.29, 0.717) is 11.3 Å². The number of ether oxygens (including phenoxy) is 1. The van der Waals surface area contributed by atoms with Gasteiger partial charge in [0.1, 0.15) is 11.5 Å². The van der Waals surface area contributed by atoms with Crippen LogP contribution in [-0.2, 0) is 4.79 Å². The molecule has 0 aliphatic carbocycles. The topological polar surface area (TPSA) is 67.4 Å². The van der Waals surface area contributed by atoms with Crippen molar-refractivity contribution in [1.29, 1.82) is 0 Å². The summed E-state index contributed by atoms with van der Waals surface area (Å²) < 4.78 is 5.98. The molecule has 0 radical (unpaired) electrons. The minimum atomic E-state index is -0.302. The summed E-state index contributed by atoms with van der Waals surface area (Å²) in [6, 6.07) is 22.0. The Morgan fingerprint density at radius 3 is 1.93 bits per heavy atom. The molecule has 1 aliphatic rings. The number of benzene rings is 3. The van der Waals surface area contributed by atoms with Crippen LogP contribution in [-0.4, -0.2) is 11.8 Å². The van der Waals surface area contributed by atoms with E-state index in [1.165, 1.54) is 0 Å². The molecule has 0 bridgehead atoms. The van der Waals surface area contributed by atoms with Crippen molar-refractivity contribution in [1.82, 2.24) is 5.32 Å². The van der Waals surface area contributed by atoms with Gasteiger partial charge >= 0.3 is 0 Å². The maximum atomic E-state index is 12.9. The highest BCUT2D eigenvalue weighted by Crippen LogP contribution is 2.42. The van der Waals surface area contributed by atoms with Crippen molar-refractivity contribution < 1.29 is 14.3 Å². The van der Waals surface area contributed by atoms with Crippen molar-refractivity contribution in [3.8, 4) is 11.5 Å². The van der Waals surface area contributed by atoms with Gasteiger partial charge in [0.15, 0.2) is 0 Å². The lowest BCUT2D eigenvalue weighted by molar-refractivity contribution is -0.118. The monoisotopic (exact) mass is 386 g/mol. The lowest BCUT2D eigenvalue weighted by atomic mass is 9.94. The molecule has 3 aromatic carbocycles. The number of carbonyl (C=O) groups excluding carboxylic acids is 2. The van der Waals surface area contributed by atoms with Crippen LogP contribution >= 0.6 is 0 Å². The molecule has 2 N–H and O–H groups in total. The number of nitrogens with one attached hydrogen (secondary N) is 2. The standard InChI is InChI=1S/C24H22N2O3/c1-15(2)23(27)25-17-13-11-16(12-14-17)24(28)26-22-18-7-3-5-9-20(18)29-21-10-6-4-8-19(21)22/h3-15,22H,1-2H3,(H,25,27)(H,26,28). The Kier molecular flexibility index (Phi) is 5.04. The molecule has 0 spiro atoms. The molecule has 0 saturated carbocycles. The third-order valence-corrected chi connectivity index (χ3v) is 4.89. The van der Waals surface area contributed by atoms with Crippen LogP contribution in [0.15, 0.2) is 72.8 Å². The third kappa shape index (κ3) is 3.85. The van der Waals surface area contributed by atoms with Crippen LogP contribution in [0, 0.1) is 5.92 Å². The zero-order chi connectivity index (χ0) is 20.4. The highest BCUT2D eigenvalue weighted by molar-refractivity contribution is 5.96. The van der Waals surface area contributed by atoms with Crippen LogP contribution < -0.4 is 15.4 Å². The Morgan fingerprint density at radius 1 is 0.828 bits per heavy atom. The van der Waals surface area contributed by atoms with Crippen molar-refractivity contribution >= 4 is 17.5 Å². The number of fused-ring (bicyclic) bond motifs is 2. The second-order valence-electron chi connectivity index (χ2n) is 7.31. The summed E-state index contributed by atoms with van der Waals surface area (Å²) in [5, 5.41) is 5.95. The number of para-hydroxylation sites is 2. The molecule has 2 amide bonds. The van der Waals surface area contributed by atoms with Gasteiger partial charge in [-0.05, 0) is 36.4 Å². The van der Waals surface area contributed by atoms with Gasteiger partial charge in [0.05, 0.1) is 6.04 Å². The van der Waals surface area contributed by atoms with Crippen molar-refractivity contribution in [3.05, 3.63) is 89.5 Å². The molecule has 1 heterocycles. The van der Waals surface area contributed by atoms with Gasteiger partial charge in [-0.15, -0.1) is 0 Å². The lowest BCUT2D eigenvalue weighted by Gasteiger charge is -2.28. The lowest BCUT2D eigenvalue weighted by Crippen LogP contribution is -2.31. The highest BCUT2D eigenvalue weighted by atomic mass is 16.5. The van der Waals surface area contributed by atoms with E-state index in [1.54, 1.807) is 24.3 Å². The second kappa shape index (κ2) is 7.80. The van der Waals surface area contributed by atoms with Gasteiger partial charge in [-0.3, -0.25) is 9.59 Å². The number of hydrogen-bond acceptors (Lipinski definition) is 3. The zero-order valence-electron chi connectivity index (χ0n) is 16.3.